The molecule has 1 N–H and O–H groups in total. The van der Waals surface area contributed by atoms with E-state index in [4.69, 9.17) is 16.3 Å². The summed E-state index contributed by atoms with van der Waals surface area (Å²) in [5.74, 6) is 0.344. The van der Waals surface area contributed by atoms with Gasteiger partial charge in [0, 0.05) is 31.4 Å². The standard InChI is InChI=1S/C11H21ClN2O2/c1-10(9-12)11(15)13-3-2-4-14-5-7-16-8-6-14/h10H,2-9H2,1H3,(H,13,15). The second kappa shape index (κ2) is 7.87. The van der Waals surface area contributed by atoms with Gasteiger partial charge in [-0.2, -0.15) is 0 Å². The highest BCUT2D eigenvalue weighted by atomic mass is 35.5. The molecule has 1 aliphatic rings. The number of hydrogen-bond donors (Lipinski definition) is 1. The number of morpholine rings is 1. The molecule has 0 spiro atoms. The lowest BCUT2D eigenvalue weighted by atomic mass is 10.2. The number of carbonyl (C=O) groups excluding carboxylic acids is 1. The van der Waals surface area contributed by atoms with Crippen LogP contribution < -0.4 is 5.32 Å². The molecule has 1 atom stereocenters. The molecule has 1 heterocycles. The highest BCUT2D eigenvalue weighted by Crippen LogP contribution is 1.99. The highest BCUT2D eigenvalue weighted by Gasteiger charge is 2.11. The zero-order valence-corrected chi connectivity index (χ0v) is 10.6. The molecule has 16 heavy (non-hydrogen) atoms. The Kier molecular flexibility index (Phi) is 6.76. The van der Waals surface area contributed by atoms with Gasteiger partial charge in [-0.05, 0) is 13.0 Å². The Morgan fingerprint density at radius 3 is 2.81 bits per heavy atom. The molecule has 1 unspecified atom stereocenters. The Labute approximate surface area is 102 Å². The maximum atomic E-state index is 11.4. The minimum absolute atomic E-state index is 0.0528. The average molecular weight is 249 g/mol. The van der Waals surface area contributed by atoms with Crippen molar-refractivity contribution in [3.05, 3.63) is 0 Å². The van der Waals surface area contributed by atoms with Crippen molar-refractivity contribution < 1.29 is 9.53 Å². The molecule has 5 heteroatoms. The molecular formula is C11H21ClN2O2. The number of nitrogens with one attached hydrogen (secondary N) is 1. The van der Waals surface area contributed by atoms with Crippen LogP contribution in [0.1, 0.15) is 13.3 Å². The minimum atomic E-state index is -0.0925. The number of hydrogen-bond acceptors (Lipinski definition) is 3. The lowest BCUT2D eigenvalue weighted by Gasteiger charge is -2.26. The summed E-state index contributed by atoms with van der Waals surface area (Å²) in [6.07, 6.45) is 0.987. The lowest BCUT2D eigenvalue weighted by Crippen LogP contribution is -2.38. The first-order valence-electron chi connectivity index (χ1n) is 5.88. The summed E-state index contributed by atoms with van der Waals surface area (Å²) in [5, 5.41) is 2.89. The van der Waals surface area contributed by atoms with Gasteiger partial charge in [0.15, 0.2) is 0 Å². The first-order valence-corrected chi connectivity index (χ1v) is 6.41. The van der Waals surface area contributed by atoms with Crippen molar-refractivity contribution in [1.29, 1.82) is 0 Å². The first-order chi connectivity index (χ1) is 7.74. The Morgan fingerprint density at radius 2 is 2.19 bits per heavy atom. The van der Waals surface area contributed by atoms with E-state index in [2.05, 4.69) is 10.2 Å². The third-order valence-electron chi connectivity index (χ3n) is 2.73. The molecule has 0 aliphatic carbocycles. The fourth-order valence-electron chi connectivity index (χ4n) is 1.58. The normalized spacial score (nSPS) is 19.4. The zero-order valence-electron chi connectivity index (χ0n) is 9.88. The van der Waals surface area contributed by atoms with Crippen LogP contribution in [0, 0.1) is 5.92 Å². The quantitative estimate of drug-likeness (QED) is 0.556. The molecule has 1 saturated heterocycles. The van der Waals surface area contributed by atoms with E-state index in [1.165, 1.54) is 0 Å². The molecule has 1 rings (SSSR count). The molecule has 0 bridgehead atoms. The van der Waals surface area contributed by atoms with E-state index in [1.54, 1.807) is 0 Å². The molecule has 0 radical (unpaired) electrons. The van der Waals surface area contributed by atoms with E-state index in [0.717, 1.165) is 45.8 Å². The van der Waals surface area contributed by atoms with Crippen LogP contribution in [-0.4, -0.2) is 56.1 Å². The summed E-state index contributed by atoms with van der Waals surface area (Å²) >= 11 is 5.60. The minimum Gasteiger partial charge on any atom is -0.379 e. The molecule has 1 aliphatic heterocycles. The zero-order chi connectivity index (χ0) is 11.8. The van der Waals surface area contributed by atoms with Crippen molar-refractivity contribution >= 4 is 17.5 Å². The molecule has 0 saturated carbocycles. The highest BCUT2D eigenvalue weighted by molar-refractivity contribution is 6.19. The fourth-order valence-corrected chi connectivity index (χ4v) is 1.72. The molecule has 1 amide bonds. The number of alkyl halides is 1. The second-order valence-electron chi connectivity index (χ2n) is 4.15. The monoisotopic (exact) mass is 248 g/mol. The van der Waals surface area contributed by atoms with Gasteiger partial charge in [-0.1, -0.05) is 6.92 Å². The topological polar surface area (TPSA) is 41.6 Å². The molecule has 4 nitrogen and oxygen atoms in total. The number of nitrogens with zero attached hydrogens (tertiary/aromatic N) is 1. The fraction of sp³-hybridized carbons (Fsp3) is 0.909. The van der Waals surface area contributed by atoms with Crippen molar-refractivity contribution in [3.63, 3.8) is 0 Å². The van der Waals surface area contributed by atoms with E-state index in [-0.39, 0.29) is 11.8 Å². The summed E-state index contributed by atoms with van der Waals surface area (Å²) < 4.78 is 5.26. The third kappa shape index (κ3) is 5.14. The van der Waals surface area contributed by atoms with Crippen LogP contribution in [0.2, 0.25) is 0 Å². The summed E-state index contributed by atoms with van der Waals surface area (Å²) in [7, 11) is 0. The Bertz CT molecular complexity index is 208. The molecular weight excluding hydrogens is 228 g/mol. The van der Waals surface area contributed by atoms with E-state index in [1.807, 2.05) is 6.92 Å². The number of amides is 1. The van der Waals surface area contributed by atoms with Crippen molar-refractivity contribution in [1.82, 2.24) is 10.2 Å². The summed E-state index contributed by atoms with van der Waals surface area (Å²) in [5.41, 5.74) is 0. The number of carbonyl (C=O) groups is 1. The third-order valence-corrected chi connectivity index (χ3v) is 3.20. The lowest BCUT2D eigenvalue weighted by molar-refractivity contribution is -0.123. The number of ether oxygens (including phenoxy) is 1. The van der Waals surface area contributed by atoms with E-state index in [0.29, 0.717) is 5.88 Å². The van der Waals surface area contributed by atoms with Gasteiger partial charge in [0.2, 0.25) is 5.91 Å². The van der Waals surface area contributed by atoms with Crippen LogP contribution >= 0.6 is 11.6 Å². The summed E-state index contributed by atoms with van der Waals surface area (Å²) in [6, 6.07) is 0. The van der Waals surface area contributed by atoms with Gasteiger partial charge in [0.05, 0.1) is 13.2 Å². The van der Waals surface area contributed by atoms with Gasteiger partial charge in [0.25, 0.3) is 0 Å². The number of rotatable bonds is 6. The van der Waals surface area contributed by atoms with Crippen LogP contribution in [0.3, 0.4) is 0 Å². The van der Waals surface area contributed by atoms with Gasteiger partial charge >= 0.3 is 0 Å². The Hall–Kier alpha value is -0.320. The van der Waals surface area contributed by atoms with Crippen LogP contribution in [0.25, 0.3) is 0 Å². The van der Waals surface area contributed by atoms with Gasteiger partial charge in [-0.3, -0.25) is 9.69 Å². The largest absolute Gasteiger partial charge is 0.379 e. The Morgan fingerprint density at radius 1 is 1.50 bits per heavy atom. The van der Waals surface area contributed by atoms with Crippen LogP contribution in [0.4, 0.5) is 0 Å². The predicted molar refractivity (Wildman–Crippen MR) is 64.8 cm³/mol. The smallest absolute Gasteiger partial charge is 0.224 e. The van der Waals surface area contributed by atoms with Gasteiger partial charge in [-0.25, -0.2) is 0 Å². The molecule has 0 aromatic rings. The summed E-state index contributed by atoms with van der Waals surface area (Å²) in [6.45, 7) is 7.27. The average Bonchev–Trinajstić information content (AvgIpc) is 2.34. The van der Waals surface area contributed by atoms with Crippen molar-refractivity contribution in [2.24, 2.45) is 5.92 Å². The van der Waals surface area contributed by atoms with E-state index in [9.17, 15) is 4.79 Å². The van der Waals surface area contributed by atoms with Gasteiger partial charge < -0.3 is 10.1 Å². The van der Waals surface area contributed by atoms with Gasteiger partial charge in [-0.15, -0.1) is 11.6 Å². The molecule has 0 aromatic heterocycles. The molecule has 1 fully saturated rings. The van der Waals surface area contributed by atoms with Crippen LogP contribution in [-0.2, 0) is 9.53 Å². The second-order valence-corrected chi connectivity index (χ2v) is 4.46. The van der Waals surface area contributed by atoms with Crippen LogP contribution in [0.5, 0.6) is 0 Å². The SMILES string of the molecule is CC(CCl)C(=O)NCCCN1CCOCC1. The number of halogens is 1. The molecule has 94 valence electrons. The maximum Gasteiger partial charge on any atom is 0.224 e. The van der Waals surface area contributed by atoms with Crippen LogP contribution in [0.15, 0.2) is 0 Å². The Balaban J connectivity index is 2.00. The first kappa shape index (κ1) is 13.7. The maximum absolute atomic E-state index is 11.4. The van der Waals surface area contributed by atoms with Crippen molar-refractivity contribution in [3.8, 4) is 0 Å². The van der Waals surface area contributed by atoms with Gasteiger partial charge in [0.1, 0.15) is 0 Å². The molecule has 0 aromatic carbocycles. The van der Waals surface area contributed by atoms with Crippen molar-refractivity contribution in [2.75, 3.05) is 45.3 Å². The predicted octanol–water partition coefficient (Wildman–Crippen LogP) is 0.700. The van der Waals surface area contributed by atoms with E-state index < -0.39 is 0 Å². The van der Waals surface area contributed by atoms with E-state index >= 15 is 0 Å². The summed E-state index contributed by atoms with van der Waals surface area (Å²) in [4.78, 5) is 13.8. The van der Waals surface area contributed by atoms with Crippen molar-refractivity contribution in [2.45, 2.75) is 13.3 Å².